The first-order valence-corrected chi connectivity index (χ1v) is 5.07. The Morgan fingerprint density at radius 3 is 2.82 bits per heavy atom. The number of carboxylic acid groups (broad SMARTS) is 1. The maximum atomic E-state index is 11.6. The molecule has 0 radical (unpaired) electrons. The Kier molecular flexibility index (Phi) is 4.65. The lowest BCUT2D eigenvalue weighted by molar-refractivity contribution is -0.139. The second-order valence-electron chi connectivity index (χ2n) is 3.52. The number of aliphatic carboxylic acids is 1. The molecule has 17 heavy (non-hydrogen) atoms. The molecule has 1 rings (SSSR count). The zero-order chi connectivity index (χ0) is 12.8. The lowest BCUT2D eigenvalue weighted by Crippen LogP contribution is -2.41. The number of methoxy groups -OCH3 is 1. The van der Waals surface area contributed by atoms with E-state index in [0.29, 0.717) is 0 Å². The highest BCUT2D eigenvalue weighted by molar-refractivity contribution is 5.94. The summed E-state index contributed by atoms with van der Waals surface area (Å²) in [4.78, 5) is 22.5. The highest BCUT2D eigenvalue weighted by Gasteiger charge is 2.21. The van der Waals surface area contributed by atoms with Gasteiger partial charge in [-0.2, -0.15) is 5.10 Å². The number of amides is 1. The number of nitrogens with zero attached hydrogens (tertiary/aromatic N) is 2. The summed E-state index contributed by atoms with van der Waals surface area (Å²) in [5.41, 5.74) is 0.191. The van der Waals surface area contributed by atoms with Crippen molar-refractivity contribution in [2.24, 2.45) is 7.05 Å². The molecule has 1 amide bonds. The van der Waals surface area contributed by atoms with Crippen molar-refractivity contribution in [2.75, 3.05) is 13.7 Å². The molecule has 0 saturated carbocycles. The number of aryl methyl sites for hydroxylation is 1. The van der Waals surface area contributed by atoms with E-state index in [9.17, 15) is 9.59 Å². The number of carbonyl (C=O) groups excluding carboxylic acids is 1. The maximum absolute atomic E-state index is 11.6. The first kappa shape index (κ1) is 13.2. The van der Waals surface area contributed by atoms with Crippen molar-refractivity contribution >= 4 is 11.9 Å². The standard InChI is InChI=1S/C10H15N3O4/c1-13-5-3-7(12-13)9(14)11-8(10(15)16)4-6-17-2/h3,5,8H,4,6H2,1-2H3,(H,11,14)(H,15,16). The predicted octanol–water partition coefficient (Wildman–Crippen LogP) is -0.360. The van der Waals surface area contributed by atoms with Crippen molar-refractivity contribution in [1.29, 1.82) is 0 Å². The number of ether oxygens (including phenoxy) is 1. The first-order chi connectivity index (χ1) is 8.04. The highest BCUT2D eigenvalue weighted by Crippen LogP contribution is 1.98. The van der Waals surface area contributed by atoms with Crippen molar-refractivity contribution in [2.45, 2.75) is 12.5 Å². The van der Waals surface area contributed by atoms with Crippen LogP contribution in [0.1, 0.15) is 16.9 Å². The smallest absolute Gasteiger partial charge is 0.326 e. The lowest BCUT2D eigenvalue weighted by atomic mass is 10.2. The third-order valence-corrected chi connectivity index (χ3v) is 2.16. The van der Waals surface area contributed by atoms with Crippen molar-refractivity contribution < 1.29 is 19.4 Å². The van der Waals surface area contributed by atoms with Crippen LogP contribution in [0.15, 0.2) is 12.3 Å². The summed E-state index contributed by atoms with van der Waals surface area (Å²) >= 11 is 0. The molecule has 0 spiro atoms. The normalized spacial score (nSPS) is 12.1. The summed E-state index contributed by atoms with van der Waals surface area (Å²) < 4.78 is 6.25. The first-order valence-electron chi connectivity index (χ1n) is 5.07. The predicted molar refractivity (Wildman–Crippen MR) is 58.6 cm³/mol. The molecule has 7 nitrogen and oxygen atoms in total. The molecule has 7 heteroatoms. The Labute approximate surface area is 98.4 Å². The number of hydrogen-bond acceptors (Lipinski definition) is 4. The van der Waals surface area contributed by atoms with Gasteiger partial charge in [0.1, 0.15) is 11.7 Å². The zero-order valence-corrected chi connectivity index (χ0v) is 9.71. The number of hydrogen-bond donors (Lipinski definition) is 2. The topological polar surface area (TPSA) is 93.5 Å². The van der Waals surface area contributed by atoms with Crippen LogP contribution in [0.4, 0.5) is 0 Å². The molecule has 0 aliphatic carbocycles. The molecule has 1 unspecified atom stereocenters. The number of nitrogens with one attached hydrogen (secondary N) is 1. The van der Waals surface area contributed by atoms with Crippen LogP contribution in [-0.4, -0.2) is 46.5 Å². The minimum atomic E-state index is -1.09. The molecular weight excluding hydrogens is 226 g/mol. The molecule has 0 aliphatic rings. The van der Waals surface area contributed by atoms with E-state index < -0.39 is 17.9 Å². The third-order valence-electron chi connectivity index (χ3n) is 2.16. The minimum absolute atomic E-state index is 0.191. The van der Waals surface area contributed by atoms with Crippen LogP contribution in [0.3, 0.4) is 0 Å². The monoisotopic (exact) mass is 241 g/mol. The fraction of sp³-hybridized carbons (Fsp3) is 0.500. The molecule has 0 fully saturated rings. The van der Waals surface area contributed by atoms with Gasteiger partial charge in [-0.3, -0.25) is 9.48 Å². The Morgan fingerprint density at radius 2 is 2.35 bits per heavy atom. The van der Waals surface area contributed by atoms with E-state index in [1.54, 1.807) is 13.2 Å². The van der Waals surface area contributed by atoms with E-state index in [1.165, 1.54) is 17.9 Å². The van der Waals surface area contributed by atoms with Gasteiger partial charge < -0.3 is 15.2 Å². The summed E-state index contributed by atoms with van der Waals surface area (Å²) in [5.74, 6) is -1.60. The van der Waals surface area contributed by atoms with Gasteiger partial charge in [-0.25, -0.2) is 4.79 Å². The quantitative estimate of drug-likeness (QED) is 0.709. The van der Waals surface area contributed by atoms with Crippen LogP contribution in [0.2, 0.25) is 0 Å². The number of carboxylic acids is 1. The van der Waals surface area contributed by atoms with Gasteiger partial charge in [0, 0.05) is 33.4 Å². The molecule has 1 atom stereocenters. The van der Waals surface area contributed by atoms with E-state index in [1.807, 2.05) is 0 Å². The van der Waals surface area contributed by atoms with Gasteiger partial charge in [-0.1, -0.05) is 0 Å². The average Bonchev–Trinajstić information content (AvgIpc) is 2.70. The molecule has 1 heterocycles. The summed E-state index contributed by atoms with van der Waals surface area (Å²) in [7, 11) is 3.15. The molecule has 0 aliphatic heterocycles. The van der Waals surface area contributed by atoms with Crippen LogP contribution < -0.4 is 5.32 Å². The summed E-state index contributed by atoms with van der Waals surface area (Å²) in [6.45, 7) is 0.263. The van der Waals surface area contributed by atoms with Gasteiger partial charge in [0.25, 0.3) is 5.91 Å². The molecule has 0 aromatic carbocycles. The second-order valence-corrected chi connectivity index (χ2v) is 3.52. The SMILES string of the molecule is COCCC(NC(=O)c1ccn(C)n1)C(=O)O. The van der Waals surface area contributed by atoms with Gasteiger partial charge in [0.2, 0.25) is 0 Å². The largest absolute Gasteiger partial charge is 0.480 e. The molecule has 1 aromatic heterocycles. The third kappa shape index (κ3) is 3.87. The van der Waals surface area contributed by atoms with Crippen LogP contribution in [0.25, 0.3) is 0 Å². The van der Waals surface area contributed by atoms with Crippen LogP contribution in [0, 0.1) is 0 Å². The van der Waals surface area contributed by atoms with Crippen molar-refractivity contribution in [1.82, 2.24) is 15.1 Å². The van der Waals surface area contributed by atoms with Gasteiger partial charge >= 0.3 is 5.97 Å². The van der Waals surface area contributed by atoms with Crippen LogP contribution in [0.5, 0.6) is 0 Å². The van der Waals surface area contributed by atoms with Gasteiger partial charge in [0.15, 0.2) is 0 Å². The van der Waals surface area contributed by atoms with Gasteiger partial charge in [0.05, 0.1) is 0 Å². The van der Waals surface area contributed by atoms with E-state index >= 15 is 0 Å². The van der Waals surface area contributed by atoms with Crippen LogP contribution >= 0.6 is 0 Å². The van der Waals surface area contributed by atoms with E-state index in [4.69, 9.17) is 9.84 Å². The lowest BCUT2D eigenvalue weighted by Gasteiger charge is -2.12. The summed E-state index contributed by atoms with van der Waals surface area (Å²) in [6.07, 6.45) is 1.82. The molecular formula is C10H15N3O4. The van der Waals surface area contributed by atoms with Crippen molar-refractivity contribution in [3.63, 3.8) is 0 Å². The van der Waals surface area contributed by atoms with Gasteiger partial charge in [-0.05, 0) is 6.07 Å². The fourth-order valence-electron chi connectivity index (χ4n) is 1.26. The van der Waals surface area contributed by atoms with Crippen molar-refractivity contribution in [3.05, 3.63) is 18.0 Å². The molecule has 94 valence electrons. The molecule has 2 N–H and O–H groups in total. The number of aromatic nitrogens is 2. The highest BCUT2D eigenvalue weighted by atomic mass is 16.5. The van der Waals surface area contributed by atoms with Crippen molar-refractivity contribution in [3.8, 4) is 0 Å². The maximum Gasteiger partial charge on any atom is 0.326 e. The Bertz CT molecular complexity index is 402. The minimum Gasteiger partial charge on any atom is -0.480 e. The number of rotatable bonds is 6. The Balaban J connectivity index is 2.60. The Morgan fingerprint density at radius 1 is 1.65 bits per heavy atom. The number of carbonyl (C=O) groups is 2. The Hall–Kier alpha value is -1.89. The van der Waals surface area contributed by atoms with Gasteiger partial charge in [-0.15, -0.1) is 0 Å². The van der Waals surface area contributed by atoms with E-state index in [0.717, 1.165) is 0 Å². The molecule has 1 aromatic rings. The van der Waals surface area contributed by atoms with E-state index in [-0.39, 0.29) is 18.7 Å². The van der Waals surface area contributed by atoms with E-state index in [2.05, 4.69) is 10.4 Å². The van der Waals surface area contributed by atoms with Crippen LogP contribution in [-0.2, 0) is 16.6 Å². The average molecular weight is 241 g/mol. The zero-order valence-electron chi connectivity index (χ0n) is 9.71. The summed E-state index contributed by atoms with van der Waals surface area (Å²) in [5, 5.41) is 15.2. The molecule has 0 saturated heterocycles. The second kappa shape index (κ2) is 6.00. The summed E-state index contributed by atoms with van der Waals surface area (Å²) in [6, 6.07) is 0.550. The fourth-order valence-corrected chi connectivity index (χ4v) is 1.26. The molecule has 0 bridgehead atoms.